The Balaban J connectivity index is 2.21. The summed E-state index contributed by atoms with van der Waals surface area (Å²) in [6.45, 7) is 2.52. The molecule has 8 nitrogen and oxygen atoms in total. The fourth-order valence-electron chi connectivity index (χ4n) is 2.35. The number of carbonyl (C=O) groups is 1. The number of benzene rings is 1. The number of nitro benzene ring substituents is 1. The molecule has 0 atom stereocenters. The average Bonchev–Trinajstić information content (AvgIpc) is 2.62. The molecule has 1 amide bonds. The SMILES string of the molecule is CCCCn1nc(C(=O)N(C)Cc2cc([N+](=O)[O-])ccc2Cl)ccc1=O. The molecule has 2 rings (SSSR count). The van der Waals surface area contributed by atoms with E-state index in [1.54, 1.807) is 7.05 Å². The number of halogens is 1. The third kappa shape index (κ3) is 4.66. The van der Waals surface area contributed by atoms with Gasteiger partial charge in [-0.25, -0.2) is 4.68 Å². The summed E-state index contributed by atoms with van der Waals surface area (Å²) in [6.07, 6.45) is 1.68. The third-order valence-electron chi connectivity index (χ3n) is 3.80. The van der Waals surface area contributed by atoms with E-state index in [0.717, 1.165) is 12.8 Å². The molecule has 0 bridgehead atoms. The van der Waals surface area contributed by atoms with Gasteiger partial charge < -0.3 is 4.90 Å². The molecule has 1 heterocycles. The van der Waals surface area contributed by atoms with Crippen LogP contribution in [0.25, 0.3) is 0 Å². The first-order chi connectivity index (χ1) is 12.3. The Morgan fingerprint density at radius 3 is 2.73 bits per heavy atom. The predicted molar refractivity (Wildman–Crippen MR) is 97.3 cm³/mol. The maximum Gasteiger partial charge on any atom is 0.274 e. The van der Waals surface area contributed by atoms with Crippen LogP contribution in [0.3, 0.4) is 0 Å². The number of carbonyl (C=O) groups excluding carboxylic acids is 1. The van der Waals surface area contributed by atoms with Gasteiger partial charge in [-0.1, -0.05) is 24.9 Å². The number of hydrogen-bond donors (Lipinski definition) is 0. The Kier molecular flexibility index (Phi) is 6.46. The highest BCUT2D eigenvalue weighted by Gasteiger charge is 2.18. The van der Waals surface area contributed by atoms with Crippen LogP contribution in [-0.2, 0) is 13.1 Å². The minimum absolute atomic E-state index is 0.0785. The smallest absolute Gasteiger partial charge is 0.274 e. The molecule has 2 aromatic rings. The summed E-state index contributed by atoms with van der Waals surface area (Å²) in [5.41, 5.74) is 0.219. The van der Waals surface area contributed by atoms with Crippen molar-refractivity contribution < 1.29 is 9.72 Å². The Labute approximate surface area is 155 Å². The summed E-state index contributed by atoms with van der Waals surface area (Å²) in [7, 11) is 1.54. The summed E-state index contributed by atoms with van der Waals surface area (Å²) in [6, 6.07) is 6.75. The molecule has 0 radical (unpaired) electrons. The molecule has 138 valence electrons. The van der Waals surface area contributed by atoms with Crippen LogP contribution >= 0.6 is 11.6 Å². The second-order valence-electron chi connectivity index (χ2n) is 5.83. The number of nitrogens with zero attached hydrogens (tertiary/aromatic N) is 4. The molecule has 0 unspecified atom stereocenters. The van der Waals surface area contributed by atoms with Crippen molar-refractivity contribution in [3.05, 3.63) is 67.1 Å². The Hall–Kier alpha value is -2.74. The number of aryl methyl sites for hydroxylation is 1. The minimum atomic E-state index is -0.521. The average molecular weight is 379 g/mol. The lowest BCUT2D eigenvalue weighted by molar-refractivity contribution is -0.384. The highest BCUT2D eigenvalue weighted by atomic mass is 35.5. The number of amides is 1. The summed E-state index contributed by atoms with van der Waals surface area (Å²) in [4.78, 5) is 36.1. The van der Waals surface area contributed by atoms with E-state index < -0.39 is 10.8 Å². The summed E-state index contributed by atoms with van der Waals surface area (Å²) in [5.74, 6) is -0.405. The van der Waals surface area contributed by atoms with Crippen molar-refractivity contribution >= 4 is 23.2 Å². The van der Waals surface area contributed by atoms with Crippen LogP contribution in [0.15, 0.2) is 35.1 Å². The molecule has 0 fully saturated rings. The lowest BCUT2D eigenvalue weighted by Crippen LogP contribution is -2.31. The fraction of sp³-hybridized carbons (Fsp3) is 0.353. The predicted octanol–water partition coefficient (Wildman–Crippen LogP) is 2.88. The number of nitro groups is 1. The maximum absolute atomic E-state index is 12.6. The Morgan fingerprint density at radius 2 is 2.08 bits per heavy atom. The number of rotatable bonds is 7. The van der Waals surface area contributed by atoms with E-state index in [1.165, 1.54) is 39.9 Å². The normalized spacial score (nSPS) is 10.6. The molecule has 1 aromatic carbocycles. The standard InChI is InChI=1S/C17H19ClN4O4/c1-3-4-9-21-16(23)8-7-15(19-21)17(24)20(2)11-12-10-13(22(25)26)5-6-14(12)18/h5-8,10H,3-4,9,11H2,1-2H3. The highest BCUT2D eigenvalue weighted by molar-refractivity contribution is 6.31. The maximum atomic E-state index is 12.6. The summed E-state index contributed by atoms with van der Waals surface area (Å²) in [5, 5.41) is 15.3. The van der Waals surface area contributed by atoms with Crippen LogP contribution < -0.4 is 5.56 Å². The Morgan fingerprint density at radius 1 is 1.35 bits per heavy atom. The van der Waals surface area contributed by atoms with Gasteiger partial charge in [-0.2, -0.15) is 5.10 Å². The van der Waals surface area contributed by atoms with Gasteiger partial charge in [0, 0.05) is 43.4 Å². The largest absolute Gasteiger partial charge is 0.336 e. The van der Waals surface area contributed by atoms with E-state index in [2.05, 4.69) is 5.10 Å². The summed E-state index contributed by atoms with van der Waals surface area (Å²) >= 11 is 6.08. The van der Waals surface area contributed by atoms with E-state index >= 15 is 0 Å². The lowest BCUT2D eigenvalue weighted by atomic mass is 10.2. The van der Waals surface area contributed by atoms with Crippen molar-refractivity contribution in [3.8, 4) is 0 Å². The lowest BCUT2D eigenvalue weighted by Gasteiger charge is -2.18. The molecule has 1 aromatic heterocycles. The van der Waals surface area contributed by atoms with Gasteiger partial charge in [0.05, 0.1) is 4.92 Å². The first kappa shape index (κ1) is 19.6. The van der Waals surface area contributed by atoms with Crippen LogP contribution in [0, 0.1) is 10.1 Å². The van der Waals surface area contributed by atoms with Crippen molar-refractivity contribution in [2.75, 3.05) is 7.05 Å². The molecule has 9 heteroatoms. The molecule has 0 aliphatic rings. The van der Waals surface area contributed by atoms with E-state index in [9.17, 15) is 19.7 Å². The first-order valence-electron chi connectivity index (χ1n) is 8.10. The van der Waals surface area contributed by atoms with Gasteiger partial charge in [-0.3, -0.25) is 19.7 Å². The first-order valence-corrected chi connectivity index (χ1v) is 8.47. The zero-order chi connectivity index (χ0) is 19.3. The topological polar surface area (TPSA) is 98.3 Å². The van der Waals surface area contributed by atoms with Gasteiger partial charge in [0.15, 0.2) is 0 Å². The molecule has 0 saturated carbocycles. The van der Waals surface area contributed by atoms with Crippen molar-refractivity contribution in [2.45, 2.75) is 32.9 Å². The third-order valence-corrected chi connectivity index (χ3v) is 4.17. The Bertz CT molecular complexity index is 881. The molecule has 0 spiro atoms. The van der Waals surface area contributed by atoms with Crippen LogP contribution in [0.2, 0.25) is 5.02 Å². The quantitative estimate of drug-likeness (QED) is 0.545. The number of unbranched alkanes of at least 4 members (excludes halogenated alkanes) is 1. The molecular formula is C17H19ClN4O4. The van der Waals surface area contributed by atoms with Gasteiger partial charge in [0.2, 0.25) is 0 Å². The zero-order valence-corrected chi connectivity index (χ0v) is 15.3. The number of non-ortho nitro benzene ring substituents is 1. The van der Waals surface area contributed by atoms with Crippen LogP contribution in [0.1, 0.15) is 35.8 Å². The van der Waals surface area contributed by atoms with Gasteiger partial charge >= 0.3 is 0 Å². The molecule has 0 saturated heterocycles. The van der Waals surface area contributed by atoms with Crippen LogP contribution in [0.5, 0.6) is 0 Å². The van der Waals surface area contributed by atoms with E-state index in [-0.39, 0.29) is 23.5 Å². The van der Waals surface area contributed by atoms with Crippen molar-refractivity contribution in [3.63, 3.8) is 0 Å². The highest BCUT2D eigenvalue weighted by Crippen LogP contribution is 2.23. The van der Waals surface area contributed by atoms with Crippen LogP contribution in [0.4, 0.5) is 5.69 Å². The second kappa shape index (κ2) is 8.57. The molecular weight excluding hydrogens is 360 g/mol. The van der Waals surface area contributed by atoms with E-state index in [0.29, 0.717) is 17.1 Å². The van der Waals surface area contributed by atoms with Gasteiger partial charge in [-0.05, 0) is 24.1 Å². The zero-order valence-electron chi connectivity index (χ0n) is 14.5. The van der Waals surface area contributed by atoms with E-state index in [4.69, 9.17) is 11.6 Å². The van der Waals surface area contributed by atoms with Crippen molar-refractivity contribution in [2.24, 2.45) is 0 Å². The molecule has 0 aliphatic heterocycles. The van der Waals surface area contributed by atoms with Crippen molar-refractivity contribution in [1.29, 1.82) is 0 Å². The van der Waals surface area contributed by atoms with Crippen molar-refractivity contribution in [1.82, 2.24) is 14.7 Å². The second-order valence-corrected chi connectivity index (χ2v) is 6.23. The minimum Gasteiger partial charge on any atom is -0.336 e. The molecule has 0 N–H and O–H groups in total. The number of aromatic nitrogens is 2. The van der Waals surface area contributed by atoms with Gasteiger partial charge in [-0.15, -0.1) is 0 Å². The fourth-order valence-corrected chi connectivity index (χ4v) is 2.53. The summed E-state index contributed by atoms with van der Waals surface area (Å²) < 4.78 is 1.27. The van der Waals surface area contributed by atoms with Crippen LogP contribution in [-0.4, -0.2) is 32.6 Å². The number of hydrogen-bond acceptors (Lipinski definition) is 5. The monoisotopic (exact) mass is 378 g/mol. The van der Waals surface area contributed by atoms with Gasteiger partial charge in [0.1, 0.15) is 5.69 Å². The van der Waals surface area contributed by atoms with Gasteiger partial charge in [0.25, 0.3) is 17.2 Å². The molecule has 26 heavy (non-hydrogen) atoms. The molecule has 0 aliphatic carbocycles. The van der Waals surface area contributed by atoms with E-state index in [1.807, 2.05) is 6.92 Å².